The maximum atomic E-state index is 14.6. The highest BCUT2D eigenvalue weighted by atomic mass is 16.5. The molecule has 0 saturated carbocycles. The largest absolute Gasteiger partial charge is 0.468 e. The van der Waals surface area contributed by atoms with Crippen LogP contribution in [0.25, 0.3) is 0 Å². The predicted molar refractivity (Wildman–Crippen MR) is 178 cm³/mol. The number of hydrogen-bond donors (Lipinski definition) is 4. The van der Waals surface area contributed by atoms with Crippen LogP contribution in [0, 0.1) is 5.41 Å². The molecule has 3 amide bonds. The minimum Gasteiger partial charge on any atom is -0.468 e. The van der Waals surface area contributed by atoms with Gasteiger partial charge in [0.15, 0.2) is 5.96 Å². The number of amides is 3. The molecule has 3 rings (SSSR count). The number of carbonyl (C=O) groups is 5. The molecule has 0 spiro atoms. The van der Waals surface area contributed by atoms with Crippen LogP contribution in [0.15, 0.2) is 84.9 Å². The van der Waals surface area contributed by atoms with Crippen molar-refractivity contribution in [1.82, 2.24) is 15.1 Å². The van der Waals surface area contributed by atoms with Gasteiger partial charge in [-0.1, -0.05) is 84.9 Å². The number of methoxy groups -OCH3 is 2. The van der Waals surface area contributed by atoms with Crippen LogP contribution in [0.5, 0.6) is 0 Å². The molecule has 1 atom stereocenters. The number of benzene rings is 3. The summed E-state index contributed by atoms with van der Waals surface area (Å²) in [5.41, 5.74) is 14.1. The first-order valence-corrected chi connectivity index (χ1v) is 15.3. The minimum atomic E-state index is -0.979. The average molecular weight is 659 g/mol. The van der Waals surface area contributed by atoms with Gasteiger partial charge in [0.25, 0.3) is 0 Å². The number of nitrogens with two attached hydrogens (primary N) is 2. The number of nitrogens with one attached hydrogen (secondary N) is 2. The molecule has 0 saturated heterocycles. The van der Waals surface area contributed by atoms with Gasteiger partial charge >= 0.3 is 11.9 Å². The number of primary amides is 1. The van der Waals surface area contributed by atoms with Crippen LogP contribution in [0.2, 0.25) is 0 Å². The molecule has 13 heteroatoms. The number of guanidine groups is 1. The smallest absolute Gasteiger partial charge is 0.325 e. The summed E-state index contributed by atoms with van der Waals surface area (Å²) in [6.07, 6.45) is 0.515. The molecule has 0 aliphatic heterocycles. The normalized spacial score (nSPS) is 11.2. The Morgan fingerprint density at radius 2 is 1.27 bits per heavy atom. The molecule has 0 aromatic heterocycles. The summed E-state index contributed by atoms with van der Waals surface area (Å²) in [7, 11) is 2.37. The first kappa shape index (κ1) is 36.7. The molecule has 0 bridgehead atoms. The average Bonchev–Trinajstić information content (AvgIpc) is 3.08. The van der Waals surface area contributed by atoms with E-state index in [9.17, 15) is 24.0 Å². The third-order valence-electron chi connectivity index (χ3n) is 7.65. The quantitative estimate of drug-likeness (QED) is 0.0721. The van der Waals surface area contributed by atoms with Crippen molar-refractivity contribution in [3.8, 4) is 0 Å². The number of ether oxygens (including phenoxy) is 2. The molecule has 3 aromatic rings. The van der Waals surface area contributed by atoms with Crippen LogP contribution in [0.1, 0.15) is 41.0 Å². The Bertz CT molecular complexity index is 1490. The van der Waals surface area contributed by atoms with Crippen molar-refractivity contribution in [3.05, 3.63) is 107 Å². The molecule has 48 heavy (non-hydrogen) atoms. The van der Waals surface area contributed by atoms with Crippen molar-refractivity contribution < 1.29 is 33.4 Å². The van der Waals surface area contributed by atoms with E-state index in [1.165, 1.54) is 19.1 Å². The van der Waals surface area contributed by atoms with Crippen molar-refractivity contribution >= 4 is 35.6 Å². The fourth-order valence-corrected chi connectivity index (χ4v) is 5.16. The Labute approximate surface area is 279 Å². The molecule has 6 N–H and O–H groups in total. The van der Waals surface area contributed by atoms with E-state index in [1.54, 1.807) is 24.3 Å². The molecule has 13 nitrogen and oxygen atoms in total. The molecule has 0 aliphatic rings. The molecule has 0 radical (unpaired) electrons. The second-order valence-electron chi connectivity index (χ2n) is 11.0. The lowest BCUT2D eigenvalue weighted by Gasteiger charge is -2.33. The van der Waals surface area contributed by atoms with Crippen molar-refractivity contribution in [2.45, 2.75) is 37.8 Å². The monoisotopic (exact) mass is 658 g/mol. The zero-order chi connectivity index (χ0) is 35.1. The first-order chi connectivity index (χ1) is 23.0. The molecule has 0 fully saturated rings. The van der Waals surface area contributed by atoms with Gasteiger partial charge in [-0.3, -0.25) is 29.4 Å². The molecular formula is C35H42N6O7. The lowest BCUT2D eigenvalue weighted by Crippen LogP contribution is -2.49. The van der Waals surface area contributed by atoms with Gasteiger partial charge in [-0.15, -0.1) is 0 Å². The number of nitrogens with zero attached hydrogens (tertiary/aromatic N) is 2. The first-order valence-electron chi connectivity index (χ1n) is 15.3. The Hall–Kier alpha value is -5.72. The second-order valence-corrected chi connectivity index (χ2v) is 11.0. The van der Waals surface area contributed by atoms with Gasteiger partial charge < -0.3 is 36.1 Å². The van der Waals surface area contributed by atoms with Gasteiger partial charge in [-0.05, 0) is 35.1 Å². The summed E-state index contributed by atoms with van der Waals surface area (Å²) in [4.78, 5) is 66.7. The van der Waals surface area contributed by atoms with Gasteiger partial charge in [-0.25, -0.2) is 0 Å². The fraction of sp³-hybridized carbons (Fsp3) is 0.314. The van der Waals surface area contributed by atoms with E-state index in [0.717, 1.165) is 16.0 Å². The predicted octanol–water partition coefficient (Wildman–Crippen LogP) is 1.68. The zero-order valence-corrected chi connectivity index (χ0v) is 27.1. The summed E-state index contributed by atoms with van der Waals surface area (Å²) in [6.45, 7) is -0.485. The Morgan fingerprint density at radius 3 is 1.73 bits per heavy atom. The Balaban J connectivity index is 1.92. The highest BCUT2D eigenvalue weighted by Crippen LogP contribution is 2.29. The van der Waals surface area contributed by atoms with Crippen LogP contribution in [0.3, 0.4) is 0 Å². The Morgan fingerprint density at radius 1 is 0.771 bits per heavy atom. The summed E-state index contributed by atoms with van der Waals surface area (Å²) in [5.74, 6) is -3.78. The van der Waals surface area contributed by atoms with Gasteiger partial charge in [0, 0.05) is 13.1 Å². The number of rotatable bonds is 17. The number of hydrogen-bond acceptors (Lipinski definition) is 8. The van der Waals surface area contributed by atoms with Crippen LogP contribution >= 0.6 is 0 Å². The van der Waals surface area contributed by atoms with Gasteiger partial charge in [-0.2, -0.15) is 0 Å². The number of carbonyl (C=O) groups excluding carboxylic acids is 5. The highest BCUT2D eigenvalue weighted by Gasteiger charge is 2.34. The second kappa shape index (κ2) is 18.4. The van der Waals surface area contributed by atoms with E-state index >= 15 is 0 Å². The van der Waals surface area contributed by atoms with E-state index in [2.05, 4.69) is 14.8 Å². The standard InChI is InChI=1S/C35H42N6O7/c1-47-30(43)22-40(23-31(44)48-2)29(42)20-24-15-17-25(18-16-24)21-41(28(33(36)45)14-9-19-39-35(37)38)34(46)32(26-10-5-3-6-11-26)27-12-7-4-8-13-27/h3-8,10-13,15-18,28,32H,9,14,19-23H2,1-2H3,(H2,36,45)(H4,37,38,39)/t28-/m1/s1. The molecule has 254 valence electrons. The molecule has 0 aliphatic carbocycles. The molecule has 3 aromatic carbocycles. The third kappa shape index (κ3) is 11.0. The lowest BCUT2D eigenvalue weighted by molar-refractivity contribution is -0.151. The van der Waals surface area contributed by atoms with E-state index in [0.29, 0.717) is 24.1 Å². The summed E-state index contributed by atoms with van der Waals surface area (Å²) < 4.78 is 9.30. The van der Waals surface area contributed by atoms with Crippen molar-refractivity contribution in [1.29, 1.82) is 5.41 Å². The maximum Gasteiger partial charge on any atom is 0.325 e. The van der Waals surface area contributed by atoms with Gasteiger partial charge in [0.05, 0.1) is 26.6 Å². The Kier molecular flexibility index (Phi) is 14.1. The van der Waals surface area contributed by atoms with E-state index in [4.69, 9.17) is 16.9 Å². The van der Waals surface area contributed by atoms with Crippen LogP contribution < -0.4 is 16.8 Å². The van der Waals surface area contributed by atoms with Crippen LogP contribution in [-0.4, -0.2) is 85.3 Å². The maximum absolute atomic E-state index is 14.6. The van der Waals surface area contributed by atoms with Crippen LogP contribution in [0.4, 0.5) is 0 Å². The summed E-state index contributed by atoms with van der Waals surface area (Å²) in [5, 5.41) is 10.1. The van der Waals surface area contributed by atoms with Crippen molar-refractivity contribution in [2.75, 3.05) is 33.9 Å². The van der Waals surface area contributed by atoms with Crippen molar-refractivity contribution in [3.63, 3.8) is 0 Å². The van der Waals surface area contributed by atoms with E-state index in [-0.39, 0.29) is 31.3 Å². The number of esters is 2. The zero-order valence-electron chi connectivity index (χ0n) is 27.1. The summed E-state index contributed by atoms with van der Waals surface area (Å²) >= 11 is 0. The topological polar surface area (TPSA) is 198 Å². The van der Waals surface area contributed by atoms with Gasteiger partial charge in [0.2, 0.25) is 17.7 Å². The molecule has 0 unspecified atom stereocenters. The molecular weight excluding hydrogens is 616 g/mol. The van der Waals surface area contributed by atoms with Gasteiger partial charge in [0.1, 0.15) is 19.1 Å². The van der Waals surface area contributed by atoms with Crippen LogP contribution in [-0.2, 0) is 46.4 Å². The SMILES string of the molecule is COC(=O)CN(CC(=O)OC)C(=O)Cc1ccc(CN(C(=O)C(c2ccccc2)c2ccccc2)[C@H](CCCNC(=N)N)C(N)=O)cc1. The minimum absolute atomic E-state index is 0.0355. The summed E-state index contributed by atoms with van der Waals surface area (Å²) in [6, 6.07) is 24.4. The van der Waals surface area contributed by atoms with E-state index < -0.39 is 48.8 Å². The van der Waals surface area contributed by atoms with Crippen molar-refractivity contribution in [2.24, 2.45) is 11.5 Å². The lowest BCUT2D eigenvalue weighted by atomic mass is 9.89. The third-order valence-corrected chi connectivity index (χ3v) is 7.65. The highest BCUT2D eigenvalue weighted by molar-refractivity contribution is 5.92. The van der Waals surface area contributed by atoms with E-state index in [1.807, 2.05) is 60.7 Å². The fourth-order valence-electron chi connectivity index (χ4n) is 5.16. The molecule has 0 heterocycles.